The number of esters is 1. The zero-order chi connectivity index (χ0) is 10.7. The van der Waals surface area contributed by atoms with Crippen LogP contribution in [0.2, 0.25) is 0 Å². The lowest BCUT2D eigenvalue weighted by Crippen LogP contribution is -2.13. The molecular weight excluding hydrogens is 192 g/mol. The summed E-state index contributed by atoms with van der Waals surface area (Å²) < 4.78 is 9.94. The van der Waals surface area contributed by atoms with Crippen LogP contribution in [0.25, 0.3) is 0 Å². The second-order valence-electron chi connectivity index (χ2n) is 3.68. The Kier molecular flexibility index (Phi) is 2.90. The van der Waals surface area contributed by atoms with Gasteiger partial charge in [0.1, 0.15) is 5.75 Å². The zero-order valence-corrected chi connectivity index (χ0v) is 8.73. The molecule has 0 aliphatic heterocycles. The quantitative estimate of drug-likeness (QED) is 0.708. The normalized spacial score (nSPS) is 14.7. The Bertz CT molecular complexity index is 356. The van der Waals surface area contributed by atoms with Gasteiger partial charge in [-0.1, -0.05) is 18.2 Å². The Morgan fingerprint density at radius 3 is 2.80 bits per heavy atom. The van der Waals surface area contributed by atoms with Crippen LogP contribution in [0.1, 0.15) is 24.3 Å². The molecule has 1 aromatic rings. The van der Waals surface area contributed by atoms with Crippen LogP contribution in [0.4, 0.5) is 0 Å². The van der Waals surface area contributed by atoms with Gasteiger partial charge in [0.05, 0.1) is 7.11 Å². The minimum atomic E-state index is -0.347. The Balaban J connectivity index is 2.03. The van der Waals surface area contributed by atoms with Crippen LogP contribution in [0.3, 0.4) is 0 Å². The van der Waals surface area contributed by atoms with Gasteiger partial charge in [0.25, 0.3) is 0 Å². The van der Waals surface area contributed by atoms with Gasteiger partial charge in [0, 0.05) is 0 Å². The van der Waals surface area contributed by atoms with Crippen molar-refractivity contribution in [3.63, 3.8) is 0 Å². The van der Waals surface area contributed by atoms with Crippen LogP contribution in [0.15, 0.2) is 24.3 Å². The molecule has 0 amide bonds. The summed E-state index contributed by atoms with van der Waals surface area (Å²) in [7, 11) is 1.36. The number of carbonyl (C=O) groups excluding carboxylic acids is 1. The van der Waals surface area contributed by atoms with Crippen LogP contribution < -0.4 is 4.74 Å². The van der Waals surface area contributed by atoms with Gasteiger partial charge in [0.15, 0.2) is 6.61 Å². The van der Waals surface area contributed by atoms with Gasteiger partial charge in [-0.15, -0.1) is 0 Å². The van der Waals surface area contributed by atoms with E-state index in [9.17, 15) is 4.79 Å². The molecule has 0 unspecified atom stereocenters. The van der Waals surface area contributed by atoms with Crippen molar-refractivity contribution in [3.05, 3.63) is 29.8 Å². The number of rotatable bonds is 4. The summed E-state index contributed by atoms with van der Waals surface area (Å²) in [5, 5.41) is 0. The molecular formula is C12H14O3. The molecule has 1 saturated carbocycles. The molecule has 0 radical (unpaired) electrons. The average Bonchev–Trinajstić information content (AvgIpc) is 3.10. The van der Waals surface area contributed by atoms with Gasteiger partial charge in [-0.2, -0.15) is 0 Å². The van der Waals surface area contributed by atoms with E-state index in [2.05, 4.69) is 10.8 Å². The molecule has 3 heteroatoms. The Morgan fingerprint density at radius 1 is 1.40 bits per heavy atom. The van der Waals surface area contributed by atoms with E-state index >= 15 is 0 Å². The van der Waals surface area contributed by atoms with E-state index in [0.29, 0.717) is 5.92 Å². The van der Waals surface area contributed by atoms with E-state index in [1.54, 1.807) is 0 Å². The summed E-state index contributed by atoms with van der Waals surface area (Å²) in [4.78, 5) is 10.9. The molecule has 0 N–H and O–H groups in total. The summed E-state index contributed by atoms with van der Waals surface area (Å²) in [5.74, 6) is 1.09. The van der Waals surface area contributed by atoms with Crippen molar-refractivity contribution in [1.29, 1.82) is 0 Å². The molecule has 0 bridgehead atoms. The average molecular weight is 206 g/mol. The monoisotopic (exact) mass is 206 g/mol. The third kappa shape index (κ3) is 2.49. The van der Waals surface area contributed by atoms with Crippen LogP contribution in [0.5, 0.6) is 5.75 Å². The van der Waals surface area contributed by atoms with Gasteiger partial charge in [-0.25, -0.2) is 4.79 Å². The van der Waals surface area contributed by atoms with Crippen molar-refractivity contribution in [2.24, 2.45) is 0 Å². The lowest BCUT2D eigenvalue weighted by Gasteiger charge is -2.09. The molecule has 0 spiro atoms. The molecule has 80 valence electrons. The van der Waals surface area contributed by atoms with Gasteiger partial charge in [-0.3, -0.25) is 0 Å². The summed E-state index contributed by atoms with van der Waals surface area (Å²) in [6.45, 7) is -0.0137. The number of hydrogen-bond acceptors (Lipinski definition) is 3. The standard InChI is InChI=1S/C12H14O3/c1-14-12(13)8-15-11-5-3-2-4-10(11)9-6-7-9/h2-5,9H,6-8H2,1H3. The third-order valence-corrected chi connectivity index (χ3v) is 2.51. The fourth-order valence-electron chi connectivity index (χ4n) is 1.54. The lowest BCUT2D eigenvalue weighted by atomic mass is 10.1. The Hall–Kier alpha value is -1.51. The number of para-hydroxylation sites is 1. The van der Waals surface area contributed by atoms with Crippen molar-refractivity contribution < 1.29 is 14.3 Å². The van der Waals surface area contributed by atoms with Crippen molar-refractivity contribution in [3.8, 4) is 5.75 Å². The highest BCUT2D eigenvalue weighted by atomic mass is 16.6. The molecule has 0 heterocycles. The van der Waals surface area contributed by atoms with Crippen molar-refractivity contribution in [2.45, 2.75) is 18.8 Å². The van der Waals surface area contributed by atoms with Gasteiger partial charge in [0.2, 0.25) is 0 Å². The minimum absolute atomic E-state index is 0.0137. The predicted octanol–water partition coefficient (Wildman–Crippen LogP) is 2.12. The maximum Gasteiger partial charge on any atom is 0.343 e. The van der Waals surface area contributed by atoms with Crippen molar-refractivity contribution in [1.82, 2.24) is 0 Å². The summed E-state index contributed by atoms with van der Waals surface area (Å²) in [5.41, 5.74) is 1.21. The van der Waals surface area contributed by atoms with Gasteiger partial charge in [-0.05, 0) is 30.4 Å². The Labute approximate surface area is 89.0 Å². The molecule has 0 aromatic heterocycles. The van der Waals surface area contributed by atoms with E-state index < -0.39 is 0 Å². The SMILES string of the molecule is COC(=O)COc1ccccc1C1CC1. The largest absolute Gasteiger partial charge is 0.482 e. The highest BCUT2D eigenvalue weighted by Gasteiger charge is 2.26. The summed E-state index contributed by atoms with van der Waals surface area (Å²) >= 11 is 0. The van der Waals surface area contributed by atoms with Crippen LogP contribution in [0, 0.1) is 0 Å². The molecule has 1 aromatic carbocycles. The first-order valence-electron chi connectivity index (χ1n) is 5.10. The summed E-state index contributed by atoms with van der Waals surface area (Å²) in [6.07, 6.45) is 2.44. The molecule has 0 saturated heterocycles. The molecule has 0 atom stereocenters. The highest BCUT2D eigenvalue weighted by Crippen LogP contribution is 2.44. The van der Waals surface area contributed by atoms with Crippen LogP contribution in [-0.2, 0) is 9.53 Å². The van der Waals surface area contributed by atoms with Crippen LogP contribution in [-0.4, -0.2) is 19.7 Å². The summed E-state index contributed by atoms with van der Waals surface area (Å²) in [6, 6.07) is 7.87. The zero-order valence-electron chi connectivity index (χ0n) is 8.73. The molecule has 1 aliphatic carbocycles. The first kappa shape index (κ1) is 10.0. The molecule has 1 aliphatic rings. The molecule has 2 rings (SSSR count). The highest BCUT2D eigenvalue weighted by molar-refractivity contribution is 5.70. The van der Waals surface area contributed by atoms with Gasteiger partial charge >= 0.3 is 5.97 Å². The number of carbonyl (C=O) groups is 1. The molecule has 1 fully saturated rings. The van der Waals surface area contributed by atoms with Crippen LogP contribution >= 0.6 is 0 Å². The van der Waals surface area contributed by atoms with Crippen molar-refractivity contribution in [2.75, 3.05) is 13.7 Å². The maximum absolute atomic E-state index is 10.9. The first-order chi connectivity index (χ1) is 7.31. The van der Waals surface area contributed by atoms with E-state index in [-0.39, 0.29) is 12.6 Å². The third-order valence-electron chi connectivity index (χ3n) is 2.51. The van der Waals surface area contributed by atoms with E-state index in [0.717, 1.165) is 5.75 Å². The van der Waals surface area contributed by atoms with E-state index in [4.69, 9.17) is 4.74 Å². The molecule has 15 heavy (non-hydrogen) atoms. The van der Waals surface area contributed by atoms with Gasteiger partial charge < -0.3 is 9.47 Å². The van der Waals surface area contributed by atoms with E-state index in [1.165, 1.54) is 25.5 Å². The number of hydrogen-bond donors (Lipinski definition) is 0. The lowest BCUT2D eigenvalue weighted by molar-refractivity contribution is -0.142. The maximum atomic E-state index is 10.9. The predicted molar refractivity (Wildman–Crippen MR) is 55.9 cm³/mol. The minimum Gasteiger partial charge on any atom is -0.482 e. The fourth-order valence-corrected chi connectivity index (χ4v) is 1.54. The second kappa shape index (κ2) is 4.34. The number of methoxy groups -OCH3 is 1. The fraction of sp³-hybridized carbons (Fsp3) is 0.417. The molecule has 3 nitrogen and oxygen atoms in total. The van der Waals surface area contributed by atoms with Crippen molar-refractivity contribution >= 4 is 5.97 Å². The van der Waals surface area contributed by atoms with E-state index in [1.807, 2.05) is 18.2 Å². The topological polar surface area (TPSA) is 35.5 Å². The number of ether oxygens (including phenoxy) is 2. The first-order valence-corrected chi connectivity index (χ1v) is 5.10. The number of benzene rings is 1. The smallest absolute Gasteiger partial charge is 0.343 e. The second-order valence-corrected chi connectivity index (χ2v) is 3.68. The Morgan fingerprint density at radius 2 is 2.13 bits per heavy atom.